The van der Waals surface area contributed by atoms with Crippen LogP contribution < -0.4 is 0 Å². The monoisotopic (exact) mass is 452 g/mol. The van der Waals surface area contributed by atoms with Gasteiger partial charge in [-0.3, -0.25) is 4.79 Å². The summed E-state index contributed by atoms with van der Waals surface area (Å²) in [6.07, 6.45) is 0.570. The largest absolute Gasteiger partial charge is 0.379 e. The zero-order valence-electron chi connectivity index (χ0n) is 18.5. The van der Waals surface area contributed by atoms with Crippen molar-refractivity contribution >= 4 is 26.7 Å². The molecule has 7 heteroatoms. The molecule has 6 nitrogen and oxygen atoms in total. The number of rotatable bonds is 6. The first-order chi connectivity index (χ1) is 15.4. The summed E-state index contributed by atoms with van der Waals surface area (Å²) in [6, 6.07) is 19.2. The van der Waals surface area contributed by atoms with Crippen LogP contribution in [0.2, 0.25) is 0 Å². The number of hydrogen-bond acceptors (Lipinski definition) is 4. The highest BCUT2D eigenvalue weighted by Crippen LogP contribution is 2.24. The van der Waals surface area contributed by atoms with Gasteiger partial charge in [-0.2, -0.15) is 4.31 Å². The van der Waals surface area contributed by atoms with Crippen LogP contribution in [-0.2, 0) is 27.7 Å². The average molecular weight is 453 g/mol. The van der Waals surface area contributed by atoms with Crippen molar-refractivity contribution < 1.29 is 17.9 Å². The second-order valence-electron chi connectivity index (χ2n) is 8.04. The molecule has 0 aromatic heterocycles. The van der Waals surface area contributed by atoms with Gasteiger partial charge in [0.05, 0.1) is 18.1 Å². The molecule has 1 heterocycles. The maximum atomic E-state index is 13.3. The van der Waals surface area contributed by atoms with Gasteiger partial charge in [0.1, 0.15) is 0 Å². The number of sulfonamides is 1. The first-order valence-corrected chi connectivity index (χ1v) is 12.3. The number of carbonyl (C=O) groups is 1. The Morgan fingerprint density at radius 1 is 1.00 bits per heavy atom. The van der Waals surface area contributed by atoms with Crippen LogP contribution in [0.5, 0.6) is 0 Å². The van der Waals surface area contributed by atoms with E-state index >= 15 is 0 Å². The van der Waals surface area contributed by atoms with Crippen molar-refractivity contribution in [1.29, 1.82) is 0 Å². The maximum Gasteiger partial charge on any atom is 0.253 e. The van der Waals surface area contributed by atoms with Crippen molar-refractivity contribution in [3.8, 4) is 0 Å². The number of morpholine rings is 1. The van der Waals surface area contributed by atoms with Gasteiger partial charge in [-0.25, -0.2) is 8.42 Å². The predicted octanol–water partition coefficient (Wildman–Crippen LogP) is 3.70. The minimum atomic E-state index is -3.69. The molecule has 0 atom stereocenters. The summed E-state index contributed by atoms with van der Waals surface area (Å²) < 4.78 is 33.3. The topological polar surface area (TPSA) is 66.9 Å². The number of amides is 1. The van der Waals surface area contributed by atoms with Crippen LogP contribution in [0.15, 0.2) is 65.6 Å². The highest BCUT2D eigenvalue weighted by molar-refractivity contribution is 7.89. The Labute approximate surface area is 189 Å². The molecule has 168 valence electrons. The van der Waals surface area contributed by atoms with Crippen LogP contribution in [0.3, 0.4) is 0 Å². The van der Waals surface area contributed by atoms with Crippen LogP contribution in [-0.4, -0.2) is 56.9 Å². The first kappa shape index (κ1) is 22.5. The summed E-state index contributed by atoms with van der Waals surface area (Å²) in [7, 11) is -1.95. The van der Waals surface area contributed by atoms with Gasteiger partial charge in [-0.15, -0.1) is 0 Å². The molecule has 1 saturated heterocycles. The molecule has 1 fully saturated rings. The van der Waals surface area contributed by atoms with Crippen molar-refractivity contribution in [2.75, 3.05) is 33.4 Å². The lowest BCUT2D eigenvalue weighted by atomic mass is 10.1. The Balaban J connectivity index is 1.59. The van der Waals surface area contributed by atoms with Crippen molar-refractivity contribution in [2.45, 2.75) is 24.8 Å². The SMILES string of the molecule is CCc1ccc(C(=O)N(C)Cc2ccc3ccccc3c2)cc1S(=O)(=O)N1CCOCC1. The summed E-state index contributed by atoms with van der Waals surface area (Å²) in [5.41, 5.74) is 2.11. The van der Waals surface area contributed by atoms with E-state index < -0.39 is 10.0 Å². The lowest BCUT2D eigenvalue weighted by molar-refractivity contribution is 0.0729. The number of carbonyl (C=O) groups excluding carboxylic acids is 1. The Hall–Kier alpha value is -2.74. The summed E-state index contributed by atoms with van der Waals surface area (Å²) in [5, 5.41) is 2.27. The molecule has 0 N–H and O–H groups in total. The summed E-state index contributed by atoms with van der Waals surface area (Å²) in [4.78, 5) is 15.0. The lowest BCUT2D eigenvalue weighted by Crippen LogP contribution is -2.41. The zero-order valence-corrected chi connectivity index (χ0v) is 19.3. The highest BCUT2D eigenvalue weighted by atomic mass is 32.2. The number of hydrogen-bond donors (Lipinski definition) is 0. The van der Waals surface area contributed by atoms with E-state index in [0.29, 0.717) is 50.4 Å². The third-order valence-electron chi connectivity index (χ3n) is 5.86. The molecule has 0 bridgehead atoms. The molecule has 1 amide bonds. The number of benzene rings is 3. The number of ether oxygens (including phenoxy) is 1. The summed E-state index contributed by atoms with van der Waals surface area (Å²) in [5.74, 6) is -0.209. The Morgan fingerprint density at radius 3 is 2.44 bits per heavy atom. The molecule has 0 spiro atoms. The third-order valence-corrected chi connectivity index (χ3v) is 7.84. The highest BCUT2D eigenvalue weighted by Gasteiger charge is 2.29. The minimum absolute atomic E-state index is 0.209. The van der Waals surface area contributed by atoms with Gasteiger partial charge in [-0.05, 0) is 46.5 Å². The van der Waals surface area contributed by atoms with E-state index in [0.717, 1.165) is 16.3 Å². The molecular weight excluding hydrogens is 424 g/mol. The fourth-order valence-electron chi connectivity index (χ4n) is 4.05. The molecule has 0 unspecified atom stereocenters. The van der Waals surface area contributed by atoms with E-state index in [1.165, 1.54) is 10.4 Å². The molecule has 0 saturated carbocycles. The molecule has 3 aromatic carbocycles. The van der Waals surface area contributed by atoms with Gasteiger partial charge in [0.2, 0.25) is 10.0 Å². The van der Waals surface area contributed by atoms with Crippen LogP contribution in [0.1, 0.15) is 28.4 Å². The van der Waals surface area contributed by atoms with E-state index in [9.17, 15) is 13.2 Å². The zero-order chi connectivity index (χ0) is 22.7. The van der Waals surface area contributed by atoms with Crippen molar-refractivity contribution in [3.63, 3.8) is 0 Å². The quantitative estimate of drug-likeness (QED) is 0.572. The van der Waals surface area contributed by atoms with Gasteiger partial charge in [0.15, 0.2) is 0 Å². The van der Waals surface area contributed by atoms with E-state index in [1.807, 2.05) is 37.3 Å². The minimum Gasteiger partial charge on any atom is -0.379 e. The van der Waals surface area contributed by atoms with Gasteiger partial charge in [0, 0.05) is 32.2 Å². The maximum absolute atomic E-state index is 13.3. The molecule has 3 aromatic rings. The molecule has 1 aliphatic rings. The Kier molecular flexibility index (Phi) is 6.60. The normalized spacial score (nSPS) is 15.1. The molecule has 0 radical (unpaired) electrons. The van der Waals surface area contributed by atoms with Crippen LogP contribution in [0.25, 0.3) is 10.8 Å². The molecule has 4 rings (SSSR count). The van der Waals surface area contributed by atoms with Gasteiger partial charge in [0.25, 0.3) is 5.91 Å². The van der Waals surface area contributed by atoms with Crippen molar-refractivity contribution in [2.24, 2.45) is 0 Å². The third kappa shape index (κ3) is 4.55. The molecule has 32 heavy (non-hydrogen) atoms. The van der Waals surface area contributed by atoms with Crippen LogP contribution in [0.4, 0.5) is 0 Å². The average Bonchev–Trinajstić information content (AvgIpc) is 2.83. The Morgan fingerprint density at radius 2 is 1.72 bits per heavy atom. The van der Waals surface area contributed by atoms with E-state index in [1.54, 1.807) is 24.1 Å². The van der Waals surface area contributed by atoms with Crippen molar-refractivity contribution in [1.82, 2.24) is 9.21 Å². The first-order valence-electron chi connectivity index (χ1n) is 10.8. The van der Waals surface area contributed by atoms with E-state index in [4.69, 9.17) is 4.74 Å². The van der Waals surface area contributed by atoms with Crippen molar-refractivity contribution in [3.05, 3.63) is 77.4 Å². The van der Waals surface area contributed by atoms with E-state index in [2.05, 4.69) is 12.1 Å². The van der Waals surface area contributed by atoms with Crippen LogP contribution in [0, 0.1) is 0 Å². The molecular formula is C25H28N2O4S. The summed E-state index contributed by atoms with van der Waals surface area (Å²) in [6.45, 7) is 3.77. The number of fused-ring (bicyclic) bond motifs is 1. The fourth-order valence-corrected chi connectivity index (χ4v) is 5.78. The fraction of sp³-hybridized carbons (Fsp3) is 0.320. The van der Waals surface area contributed by atoms with Gasteiger partial charge in [-0.1, -0.05) is 49.4 Å². The smallest absolute Gasteiger partial charge is 0.253 e. The molecule has 0 aliphatic carbocycles. The van der Waals surface area contributed by atoms with Gasteiger partial charge >= 0.3 is 0 Å². The molecule has 1 aliphatic heterocycles. The number of nitrogens with zero attached hydrogens (tertiary/aromatic N) is 2. The number of aryl methyl sites for hydroxylation is 1. The lowest BCUT2D eigenvalue weighted by Gasteiger charge is -2.27. The Bertz CT molecular complexity index is 1230. The van der Waals surface area contributed by atoms with Gasteiger partial charge < -0.3 is 9.64 Å². The standard InChI is InChI=1S/C25H28N2O4S/c1-3-20-10-11-23(17-24(20)32(29,30)27-12-14-31-15-13-27)25(28)26(2)18-19-8-9-21-6-4-5-7-22(21)16-19/h4-11,16-17H,3,12-15,18H2,1-2H3. The van der Waals surface area contributed by atoms with E-state index in [-0.39, 0.29) is 10.8 Å². The second-order valence-corrected chi connectivity index (χ2v) is 9.94. The predicted molar refractivity (Wildman–Crippen MR) is 125 cm³/mol. The summed E-state index contributed by atoms with van der Waals surface area (Å²) >= 11 is 0. The second kappa shape index (κ2) is 9.40. The van der Waals surface area contributed by atoms with Crippen LogP contribution >= 0.6 is 0 Å².